The number of para-hydroxylation sites is 1. The normalized spacial score (nSPS) is 13.7. The fourth-order valence-corrected chi connectivity index (χ4v) is 8.38. The van der Waals surface area contributed by atoms with E-state index in [0.29, 0.717) is 0 Å². The van der Waals surface area contributed by atoms with Crippen LogP contribution in [0.1, 0.15) is 12.0 Å². The van der Waals surface area contributed by atoms with Crippen molar-refractivity contribution in [3.8, 4) is 33.4 Å². The zero-order valence-corrected chi connectivity index (χ0v) is 32.2. The van der Waals surface area contributed by atoms with Crippen LogP contribution < -0.4 is 10.2 Å². The van der Waals surface area contributed by atoms with Crippen molar-refractivity contribution in [3.63, 3.8) is 0 Å². The maximum Gasteiger partial charge on any atom is 0.0482 e. The molecule has 1 unspecified atom stereocenters. The molecule has 0 fully saturated rings. The van der Waals surface area contributed by atoms with Gasteiger partial charge in [0.1, 0.15) is 0 Å². The molecule has 9 aromatic carbocycles. The summed E-state index contributed by atoms with van der Waals surface area (Å²) in [5, 5.41) is 9.01. The lowest BCUT2D eigenvalue weighted by Gasteiger charge is -2.26. The first-order valence-corrected chi connectivity index (χ1v) is 20.1. The van der Waals surface area contributed by atoms with Gasteiger partial charge in [-0.1, -0.05) is 182 Å². The van der Waals surface area contributed by atoms with Crippen LogP contribution in [0.3, 0.4) is 0 Å². The lowest BCUT2D eigenvalue weighted by Crippen LogP contribution is -2.18. The van der Waals surface area contributed by atoms with Gasteiger partial charge in [-0.3, -0.25) is 0 Å². The molecule has 9 aromatic rings. The van der Waals surface area contributed by atoms with Crippen molar-refractivity contribution >= 4 is 49.9 Å². The highest BCUT2D eigenvalue weighted by atomic mass is 15.1. The molecule has 1 atom stereocenters. The Hall–Kier alpha value is -7.42. The lowest BCUT2D eigenvalue weighted by atomic mass is 9.91. The molecule has 0 spiro atoms. The molecule has 1 N–H and O–H groups in total. The first kappa shape index (κ1) is 35.0. The zero-order chi connectivity index (χ0) is 38.7. The highest BCUT2D eigenvalue weighted by molar-refractivity contribution is 6.13. The molecule has 0 aromatic heterocycles. The second-order valence-corrected chi connectivity index (χ2v) is 14.9. The SMILES string of the molecule is C1=CC(Nc2ccc(-c3ccccc3)cc2-c2cccc3c2ccc2ccccc23)CC=C1c1ccc(N(c2ccccc2)c2ccc(-c3ccccc3)cc2)cc1. The Bertz CT molecular complexity index is 2910. The Balaban J connectivity index is 0.921. The summed E-state index contributed by atoms with van der Waals surface area (Å²) in [6.07, 6.45) is 7.85. The smallest absolute Gasteiger partial charge is 0.0482 e. The number of hydrogen-bond acceptors (Lipinski definition) is 2. The molecule has 276 valence electrons. The van der Waals surface area contributed by atoms with Gasteiger partial charge in [0.15, 0.2) is 0 Å². The van der Waals surface area contributed by atoms with Crippen LogP contribution in [-0.4, -0.2) is 6.04 Å². The van der Waals surface area contributed by atoms with E-state index in [2.05, 4.69) is 241 Å². The van der Waals surface area contributed by atoms with Gasteiger partial charge in [0.05, 0.1) is 0 Å². The highest BCUT2D eigenvalue weighted by Crippen LogP contribution is 2.40. The van der Waals surface area contributed by atoms with Gasteiger partial charge < -0.3 is 10.2 Å². The minimum Gasteiger partial charge on any atom is -0.378 e. The molecule has 0 bridgehead atoms. The van der Waals surface area contributed by atoms with Crippen molar-refractivity contribution in [1.29, 1.82) is 0 Å². The van der Waals surface area contributed by atoms with Crippen LogP contribution in [0.2, 0.25) is 0 Å². The molecular weight excluding hydrogens is 701 g/mol. The van der Waals surface area contributed by atoms with Crippen molar-refractivity contribution in [1.82, 2.24) is 0 Å². The van der Waals surface area contributed by atoms with E-state index in [9.17, 15) is 0 Å². The fraction of sp³-hybridized carbons (Fsp3) is 0.0357. The third kappa shape index (κ3) is 6.97. The van der Waals surface area contributed by atoms with Crippen LogP contribution in [0.25, 0.3) is 60.5 Å². The summed E-state index contributed by atoms with van der Waals surface area (Å²) in [5.41, 5.74) is 14.2. The molecule has 1 aliphatic carbocycles. The molecule has 0 radical (unpaired) electrons. The van der Waals surface area contributed by atoms with E-state index in [1.54, 1.807) is 0 Å². The highest BCUT2D eigenvalue weighted by Gasteiger charge is 2.17. The van der Waals surface area contributed by atoms with E-state index < -0.39 is 0 Å². The minimum atomic E-state index is 0.160. The van der Waals surface area contributed by atoms with Gasteiger partial charge in [0.2, 0.25) is 0 Å². The Kier molecular flexibility index (Phi) is 9.43. The van der Waals surface area contributed by atoms with E-state index in [1.807, 2.05) is 0 Å². The lowest BCUT2D eigenvalue weighted by molar-refractivity contribution is 0.886. The quantitative estimate of drug-likeness (QED) is 0.148. The molecule has 0 saturated heterocycles. The van der Waals surface area contributed by atoms with Crippen LogP contribution in [0.4, 0.5) is 22.7 Å². The molecule has 0 saturated carbocycles. The largest absolute Gasteiger partial charge is 0.378 e. The number of rotatable bonds is 9. The van der Waals surface area contributed by atoms with E-state index in [4.69, 9.17) is 0 Å². The van der Waals surface area contributed by atoms with E-state index in [0.717, 1.165) is 29.2 Å². The van der Waals surface area contributed by atoms with Crippen molar-refractivity contribution in [2.24, 2.45) is 0 Å². The Labute approximate surface area is 340 Å². The summed E-state index contributed by atoms with van der Waals surface area (Å²) in [6, 6.07) is 76.6. The standard InChI is InChI=1S/C56H42N2/c1-4-13-40(14-5-1)43-25-33-49(34-26-43)58(48-18-8-3-9-19-48)50-35-27-44(28-36-50)42-23-31-47(32-24-42)57-56-38-30-46(41-15-6-2-7-16-41)39-55(56)53-22-12-21-52-51-20-11-10-17-45(51)29-37-54(52)53/h1-31,33-39,47,57H,32H2. The molecule has 2 heteroatoms. The van der Waals surface area contributed by atoms with Crippen LogP contribution in [0, 0.1) is 0 Å². The molecule has 0 heterocycles. The predicted molar refractivity (Wildman–Crippen MR) is 248 cm³/mol. The number of anilines is 4. The first-order valence-electron chi connectivity index (χ1n) is 20.1. The second-order valence-electron chi connectivity index (χ2n) is 14.9. The van der Waals surface area contributed by atoms with E-state index in [-0.39, 0.29) is 6.04 Å². The summed E-state index contributed by atoms with van der Waals surface area (Å²) in [6.45, 7) is 0. The minimum absolute atomic E-state index is 0.160. The molecule has 0 aliphatic heterocycles. The summed E-state index contributed by atoms with van der Waals surface area (Å²) in [7, 11) is 0. The van der Waals surface area contributed by atoms with Crippen LogP contribution in [0.15, 0.2) is 231 Å². The summed E-state index contributed by atoms with van der Waals surface area (Å²) in [5.74, 6) is 0. The maximum atomic E-state index is 3.94. The molecular formula is C56H42N2. The van der Waals surface area contributed by atoms with Crippen molar-refractivity contribution in [2.75, 3.05) is 10.2 Å². The van der Waals surface area contributed by atoms with Crippen LogP contribution >= 0.6 is 0 Å². The van der Waals surface area contributed by atoms with Crippen molar-refractivity contribution in [3.05, 3.63) is 236 Å². The molecule has 10 rings (SSSR count). The first-order chi connectivity index (χ1) is 28.7. The third-order valence-corrected chi connectivity index (χ3v) is 11.4. The molecule has 0 amide bonds. The van der Waals surface area contributed by atoms with Crippen LogP contribution in [-0.2, 0) is 0 Å². The predicted octanol–water partition coefficient (Wildman–Crippen LogP) is 15.3. The number of nitrogens with one attached hydrogen (secondary N) is 1. The van der Waals surface area contributed by atoms with Gasteiger partial charge in [-0.2, -0.15) is 0 Å². The number of fused-ring (bicyclic) bond motifs is 3. The Morgan fingerprint density at radius 2 is 0.966 bits per heavy atom. The zero-order valence-electron chi connectivity index (χ0n) is 32.2. The van der Waals surface area contributed by atoms with E-state index in [1.165, 1.54) is 66.1 Å². The average Bonchev–Trinajstić information content (AvgIpc) is 3.31. The van der Waals surface area contributed by atoms with Gasteiger partial charge in [-0.25, -0.2) is 0 Å². The number of hydrogen-bond donors (Lipinski definition) is 1. The van der Waals surface area contributed by atoms with Gasteiger partial charge in [0, 0.05) is 34.4 Å². The van der Waals surface area contributed by atoms with Crippen molar-refractivity contribution in [2.45, 2.75) is 12.5 Å². The van der Waals surface area contributed by atoms with Crippen molar-refractivity contribution < 1.29 is 0 Å². The topological polar surface area (TPSA) is 15.3 Å². The van der Waals surface area contributed by atoms with Gasteiger partial charge >= 0.3 is 0 Å². The Morgan fingerprint density at radius 3 is 1.66 bits per heavy atom. The number of benzene rings is 9. The van der Waals surface area contributed by atoms with Gasteiger partial charge in [0.25, 0.3) is 0 Å². The summed E-state index contributed by atoms with van der Waals surface area (Å²) >= 11 is 0. The third-order valence-electron chi connectivity index (χ3n) is 11.4. The molecule has 58 heavy (non-hydrogen) atoms. The average molecular weight is 743 g/mol. The second kappa shape index (κ2) is 15.6. The molecule has 1 aliphatic rings. The summed E-state index contributed by atoms with van der Waals surface area (Å²) < 4.78 is 0. The van der Waals surface area contributed by atoms with Gasteiger partial charge in [-0.15, -0.1) is 0 Å². The monoisotopic (exact) mass is 742 g/mol. The fourth-order valence-electron chi connectivity index (χ4n) is 8.38. The van der Waals surface area contributed by atoms with E-state index >= 15 is 0 Å². The molecule has 2 nitrogen and oxygen atoms in total. The maximum absolute atomic E-state index is 3.94. The Morgan fingerprint density at radius 1 is 0.397 bits per heavy atom. The number of nitrogens with zero attached hydrogens (tertiary/aromatic N) is 1. The number of allylic oxidation sites excluding steroid dienone is 2. The summed E-state index contributed by atoms with van der Waals surface area (Å²) in [4.78, 5) is 2.32. The van der Waals surface area contributed by atoms with Gasteiger partial charge in [-0.05, 0) is 115 Å². The van der Waals surface area contributed by atoms with Crippen LogP contribution in [0.5, 0.6) is 0 Å².